The van der Waals surface area contributed by atoms with E-state index in [4.69, 9.17) is 42.9 Å². The maximum Gasteiger partial charge on any atom is 0.341 e. The van der Waals surface area contributed by atoms with Gasteiger partial charge in [0, 0.05) is 72.2 Å². The predicted molar refractivity (Wildman–Crippen MR) is 323 cm³/mol. The first kappa shape index (κ1) is 54.8. The van der Waals surface area contributed by atoms with Crippen molar-refractivity contribution in [2.75, 3.05) is 49.8 Å². The van der Waals surface area contributed by atoms with Crippen LogP contribution in [0.5, 0.6) is 46.0 Å². The van der Waals surface area contributed by atoms with Gasteiger partial charge < -0.3 is 53.2 Å². The fraction of sp³-hybridized carbons (Fsp3) is 0.275. The molecule has 2 aromatic heterocycles. The number of hydrogen-bond acceptors (Lipinski definition) is 11. The molecule has 82 heavy (non-hydrogen) atoms. The number of nitrogens with zero attached hydrogens (tertiary/aromatic N) is 1. The lowest BCUT2D eigenvalue weighted by molar-refractivity contribution is 0.0597. The summed E-state index contributed by atoms with van der Waals surface area (Å²) in [6, 6.07) is 33.7. The number of aliphatic imine (C=N–C) groups is 1. The number of carbonyl (C=O) groups is 1. The number of carbonyl (C=O) groups excluding carboxylic acids is 1. The number of aromatic nitrogens is 2. The molecule has 4 aliphatic rings. The van der Waals surface area contributed by atoms with Gasteiger partial charge >= 0.3 is 5.97 Å². The highest BCUT2D eigenvalue weighted by molar-refractivity contribution is 6.32. The molecule has 13 heteroatoms. The molecule has 13 nitrogen and oxygen atoms in total. The fourth-order valence-electron chi connectivity index (χ4n) is 11.8. The van der Waals surface area contributed by atoms with Gasteiger partial charge in [-0.2, -0.15) is 0 Å². The van der Waals surface area contributed by atoms with Gasteiger partial charge in [-0.05, 0) is 113 Å². The SMILES string of the molecule is COC(=O)c1cc(C(C)(C)C)cc2c1Oc1c(/C3=C4\C=CC(N4)/C(c4c(OC)cccc4OC)=c4/cc/c([nH]4)=C(\c4c(OC)cccc4OC)c4ccc([nH]4)/C(c4c(OC)cccc4OC)=C4/C=CC3=N4)cc(C(C)(C)C)cc1C2(C)C. The molecule has 7 aromatic rings. The average Bonchev–Trinajstić information content (AvgIpc) is 4.42. The number of rotatable bonds is 11. The van der Waals surface area contributed by atoms with Gasteiger partial charge in [0.15, 0.2) is 0 Å². The summed E-state index contributed by atoms with van der Waals surface area (Å²) in [6.07, 6.45) is 8.37. The summed E-state index contributed by atoms with van der Waals surface area (Å²) in [5.74, 6) is 4.19. The highest BCUT2D eigenvalue weighted by Crippen LogP contribution is 2.55. The van der Waals surface area contributed by atoms with Gasteiger partial charge in [0.1, 0.15) is 51.6 Å². The summed E-state index contributed by atoms with van der Waals surface area (Å²) in [5, 5.41) is 5.58. The van der Waals surface area contributed by atoms with E-state index in [2.05, 4.69) is 131 Å². The summed E-state index contributed by atoms with van der Waals surface area (Å²) in [4.78, 5) is 27.6. The quantitative estimate of drug-likeness (QED) is 0.107. The minimum Gasteiger partial charge on any atom is -0.496 e. The molecule has 0 saturated carbocycles. The molecule has 1 atom stereocenters. The summed E-state index contributed by atoms with van der Waals surface area (Å²) >= 11 is 0. The zero-order chi connectivity index (χ0) is 58.2. The number of aromatic amines is 2. The maximum absolute atomic E-state index is 14.1. The summed E-state index contributed by atoms with van der Waals surface area (Å²) in [6.45, 7) is 17.5. The van der Waals surface area contributed by atoms with E-state index in [0.29, 0.717) is 68.5 Å². The van der Waals surface area contributed by atoms with Crippen LogP contribution in [0.2, 0.25) is 0 Å². The summed E-state index contributed by atoms with van der Waals surface area (Å²) in [5.41, 5.74) is 12.6. The molecular formula is C69H70N4O9. The molecular weight excluding hydrogens is 1030 g/mol. The van der Waals surface area contributed by atoms with Crippen molar-refractivity contribution in [2.45, 2.75) is 77.7 Å². The fourth-order valence-corrected chi connectivity index (χ4v) is 11.8. The first-order valence-electron chi connectivity index (χ1n) is 27.4. The highest BCUT2D eigenvalue weighted by Gasteiger charge is 2.42. The standard InChI is InChI=1S/C69H70N4O9/c1-67(2,3)37-33-39(64-41(35-37)69(7,8)42-36-38(68(4,5)6)34-40(65(42)82-64)66(74)81-15)57-43-25-27-45(70-43)58(61-51(75-9)19-16-20-52(61)76-10)47-29-31-49(72-47)60(63-55(79-13)23-18-24-56(63)80-14)50-32-30-48(73-50)59(46-28-26-44(57)71-46)62-53(77-11)21-17-22-54(62)78-12/h16-36,45,70,72-73H,1-15H3/b57-43-,58-47+,59-46+,60-49+. The van der Waals surface area contributed by atoms with Gasteiger partial charge in [0.05, 0.1) is 83.9 Å². The Morgan fingerprint density at radius 1 is 0.549 bits per heavy atom. The van der Waals surface area contributed by atoms with Crippen LogP contribution in [0.15, 0.2) is 144 Å². The third-order valence-corrected chi connectivity index (χ3v) is 16.2. The van der Waals surface area contributed by atoms with Crippen molar-refractivity contribution in [3.63, 3.8) is 0 Å². The molecule has 6 heterocycles. The van der Waals surface area contributed by atoms with Crippen molar-refractivity contribution in [1.82, 2.24) is 15.3 Å². The van der Waals surface area contributed by atoms with Crippen molar-refractivity contribution in [2.24, 2.45) is 4.99 Å². The number of esters is 1. The molecule has 3 N–H and O–H groups in total. The van der Waals surface area contributed by atoms with E-state index < -0.39 is 17.4 Å². The Balaban J connectivity index is 1.30. The molecule has 1 unspecified atom stereocenters. The van der Waals surface area contributed by atoms with Crippen molar-refractivity contribution in [3.05, 3.63) is 211 Å². The van der Waals surface area contributed by atoms with Crippen LogP contribution in [-0.2, 0) is 21.0 Å². The Kier molecular flexibility index (Phi) is 13.9. The largest absolute Gasteiger partial charge is 0.496 e. The van der Waals surface area contributed by atoms with E-state index in [1.54, 1.807) is 42.7 Å². The monoisotopic (exact) mass is 1100 g/mol. The second kappa shape index (κ2) is 20.8. The van der Waals surface area contributed by atoms with Crippen LogP contribution in [0, 0.1) is 0 Å². The Labute approximate surface area is 479 Å². The normalized spacial score (nSPS) is 19.1. The van der Waals surface area contributed by atoms with Crippen LogP contribution < -0.4 is 49.2 Å². The number of nitrogens with one attached hydrogen (secondary N) is 3. The van der Waals surface area contributed by atoms with E-state index >= 15 is 0 Å². The van der Waals surface area contributed by atoms with Gasteiger partial charge in [-0.1, -0.05) is 91.8 Å². The molecule has 0 radical (unpaired) electrons. The molecule has 0 aliphatic carbocycles. The van der Waals surface area contributed by atoms with Crippen LogP contribution >= 0.6 is 0 Å². The van der Waals surface area contributed by atoms with E-state index in [-0.39, 0.29) is 10.8 Å². The lowest BCUT2D eigenvalue weighted by Crippen LogP contribution is -2.31. The predicted octanol–water partition coefficient (Wildman–Crippen LogP) is 12.4. The number of benzene rings is 5. The lowest BCUT2D eigenvalue weighted by Gasteiger charge is -2.39. The molecule has 4 aliphatic heterocycles. The van der Waals surface area contributed by atoms with E-state index in [9.17, 15) is 4.79 Å². The minimum atomic E-state index is -0.679. The second-order valence-electron chi connectivity index (χ2n) is 23.4. The number of ether oxygens (including phenoxy) is 8. The van der Waals surface area contributed by atoms with Crippen molar-refractivity contribution in [3.8, 4) is 46.0 Å². The molecule has 420 valence electrons. The van der Waals surface area contributed by atoms with Gasteiger partial charge in [-0.3, -0.25) is 0 Å². The van der Waals surface area contributed by atoms with Crippen molar-refractivity contribution >= 4 is 34.0 Å². The second-order valence-corrected chi connectivity index (χ2v) is 23.4. The maximum atomic E-state index is 14.1. The van der Waals surface area contributed by atoms with E-state index in [1.165, 1.54) is 7.11 Å². The van der Waals surface area contributed by atoms with Crippen LogP contribution in [0.1, 0.15) is 122 Å². The molecule has 0 fully saturated rings. The third-order valence-electron chi connectivity index (χ3n) is 16.2. The topological polar surface area (TPSA) is 147 Å². The summed E-state index contributed by atoms with van der Waals surface area (Å²) < 4.78 is 50.0. The molecule has 8 bridgehead atoms. The van der Waals surface area contributed by atoms with E-state index in [0.717, 1.165) is 89.0 Å². The minimum absolute atomic E-state index is 0.290. The molecule has 0 amide bonds. The van der Waals surface area contributed by atoms with Crippen molar-refractivity contribution < 1.29 is 42.7 Å². The number of H-pyrrole nitrogens is 2. The van der Waals surface area contributed by atoms with Crippen LogP contribution in [-0.4, -0.2) is 77.5 Å². The van der Waals surface area contributed by atoms with E-state index in [1.807, 2.05) is 66.7 Å². The number of methoxy groups -OCH3 is 7. The molecule has 5 aromatic carbocycles. The average molecular weight is 1100 g/mol. The van der Waals surface area contributed by atoms with Crippen LogP contribution in [0.4, 0.5) is 0 Å². The Bertz CT molecular complexity index is 4000. The van der Waals surface area contributed by atoms with Gasteiger partial charge in [0.25, 0.3) is 0 Å². The zero-order valence-electron chi connectivity index (χ0n) is 49.3. The number of hydrogen-bond donors (Lipinski definition) is 3. The molecule has 0 spiro atoms. The third kappa shape index (κ3) is 9.12. The molecule has 0 saturated heterocycles. The Hall–Kier alpha value is -9.10. The summed E-state index contributed by atoms with van der Waals surface area (Å²) in [7, 11) is 11.4. The lowest BCUT2D eigenvalue weighted by atomic mass is 9.70. The Morgan fingerprint density at radius 2 is 1.05 bits per heavy atom. The van der Waals surface area contributed by atoms with Crippen LogP contribution in [0.3, 0.4) is 0 Å². The smallest absolute Gasteiger partial charge is 0.341 e. The first-order chi connectivity index (χ1) is 39.3. The zero-order valence-corrected chi connectivity index (χ0v) is 49.3. The number of fused-ring (bicyclic) bond motifs is 9. The molecule has 11 rings (SSSR count). The highest BCUT2D eigenvalue weighted by atomic mass is 16.5. The first-order valence-corrected chi connectivity index (χ1v) is 27.4. The number of allylic oxidation sites excluding steroid dienone is 4. The van der Waals surface area contributed by atoms with Gasteiger partial charge in [-0.25, -0.2) is 9.79 Å². The van der Waals surface area contributed by atoms with Gasteiger partial charge in [-0.15, -0.1) is 0 Å². The van der Waals surface area contributed by atoms with Crippen LogP contribution in [0.25, 0.3) is 22.3 Å². The Morgan fingerprint density at radius 3 is 1.59 bits per heavy atom. The van der Waals surface area contributed by atoms with Crippen molar-refractivity contribution in [1.29, 1.82) is 0 Å². The van der Waals surface area contributed by atoms with Gasteiger partial charge in [0.2, 0.25) is 0 Å².